The minimum absolute atomic E-state index is 0.0932. The number of hydrogen-bond donors (Lipinski definition) is 1. The maximum atomic E-state index is 13.8. The van der Waals surface area contributed by atoms with Crippen LogP contribution < -0.4 is 14.8 Å². The highest BCUT2D eigenvalue weighted by atomic mass is 32.2. The number of fused-ring (bicyclic) bond motifs is 1. The first-order valence-electron chi connectivity index (χ1n) is 13.1. The van der Waals surface area contributed by atoms with E-state index in [9.17, 15) is 9.59 Å². The molecule has 0 bridgehead atoms. The van der Waals surface area contributed by atoms with Crippen molar-refractivity contribution in [2.45, 2.75) is 50.0 Å². The van der Waals surface area contributed by atoms with Crippen LogP contribution in [0.2, 0.25) is 0 Å². The fourth-order valence-electron chi connectivity index (χ4n) is 5.14. The van der Waals surface area contributed by atoms with Gasteiger partial charge in [0.15, 0.2) is 11.5 Å². The molecule has 0 aromatic heterocycles. The summed E-state index contributed by atoms with van der Waals surface area (Å²) in [6.45, 7) is 8.06. The van der Waals surface area contributed by atoms with Gasteiger partial charge in [-0.25, -0.2) is 0 Å². The lowest BCUT2D eigenvalue weighted by molar-refractivity contribution is -0.124. The number of rotatable bonds is 13. The first-order valence-corrected chi connectivity index (χ1v) is 14.3. The Bertz CT molecular complexity index is 1050. The highest BCUT2D eigenvalue weighted by molar-refractivity contribution is 7.98. The summed E-state index contributed by atoms with van der Waals surface area (Å²) in [5.41, 5.74) is 2.05. The van der Waals surface area contributed by atoms with E-state index in [1.54, 1.807) is 50.1 Å². The first-order chi connectivity index (χ1) is 17.9. The smallest absolute Gasteiger partial charge is 0.254 e. The molecule has 0 aliphatic carbocycles. The largest absolute Gasteiger partial charge is 0.493 e. The lowest BCUT2D eigenvalue weighted by Gasteiger charge is -2.40. The van der Waals surface area contributed by atoms with Crippen molar-refractivity contribution in [1.82, 2.24) is 15.1 Å². The van der Waals surface area contributed by atoms with Crippen molar-refractivity contribution in [2.24, 2.45) is 0 Å². The molecule has 2 aromatic carbocycles. The van der Waals surface area contributed by atoms with Crippen LogP contribution in [0.1, 0.15) is 66.6 Å². The van der Waals surface area contributed by atoms with Gasteiger partial charge < -0.3 is 24.6 Å². The van der Waals surface area contributed by atoms with E-state index in [4.69, 9.17) is 9.47 Å². The molecule has 0 radical (unpaired) electrons. The fourth-order valence-corrected chi connectivity index (χ4v) is 5.55. The number of ether oxygens (including phenoxy) is 2. The third-order valence-electron chi connectivity index (χ3n) is 6.94. The molecule has 0 spiro atoms. The van der Waals surface area contributed by atoms with E-state index in [1.165, 1.54) is 0 Å². The number of carbonyl (C=O) groups excluding carboxylic acids is 2. The number of nitrogens with one attached hydrogen (secondary N) is 1. The summed E-state index contributed by atoms with van der Waals surface area (Å²) in [6, 6.07) is 11.1. The molecule has 8 heteroatoms. The van der Waals surface area contributed by atoms with E-state index in [-0.39, 0.29) is 11.8 Å². The predicted octanol–water partition coefficient (Wildman–Crippen LogP) is 4.96. The third kappa shape index (κ3) is 6.60. The molecule has 1 aliphatic rings. The molecule has 202 valence electrons. The van der Waals surface area contributed by atoms with Gasteiger partial charge in [-0.3, -0.25) is 9.59 Å². The second-order valence-corrected chi connectivity index (χ2v) is 10.3. The van der Waals surface area contributed by atoms with E-state index >= 15 is 0 Å². The van der Waals surface area contributed by atoms with E-state index in [0.717, 1.165) is 49.4 Å². The third-order valence-corrected chi connectivity index (χ3v) is 7.69. The molecule has 37 heavy (non-hydrogen) atoms. The maximum Gasteiger partial charge on any atom is 0.254 e. The molecule has 2 atom stereocenters. The predicted molar refractivity (Wildman–Crippen MR) is 150 cm³/mol. The molecule has 1 heterocycles. The molecular formula is C29H41N3O4S. The highest BCUT2D eigenvalue weighted by Gasteiger charge is 2.43. The Balaban J connectivity index is 1.94. The quantitative estimate of drug-likeness (QED) is 0.293. The van der Waals surface area contributed by atoms with Gasteiger partial charge >= 0.3 is 0 Å². The van der Waals surface area contributed by atoms with Crippen LogP contribution >= 0.6 is 11.8 Å². The Labute approximate surface area is 225 Å². The van der Waals surface area contributed by atoms with Crippen molar-refractivity contribution in [3.05, 3.63) is 53.1 Å². The van der Waals surface area contributed by atoms with E-state index < -0.39 is 12.0 Å². The molecule has 0 fully saturated rings. The van der Waals surface area contributed by atoms with E-state index in [1.807, 2.05) is 30.5 Å². The summed E-state index contributed by atoms with van der Waals surface area (Å²) < 4.78 is 11.0. The van der Waals surface area contributed by atoms with Gasteiger partial charge in [0, 0.05) is 24.1 Å². The standard InChI is InChI=1S/C29H41N3O4S/c1-7-15-32(16-8-2)17-9-14-30-28(33)26-22-18-24(35-4)25(36-5)19-23(22)29(34)31(3)27(26)20-10-12-21(37-6)13-11-20/h10-13,18-19,26-27H,7-9,14-17H2,1-6H3,(H,30,33)/t26-,27+/m0/s1. The lowest BCUT2D eigenvalue weighted by Crippen LogP contribution is -2.46. The molecule has 0 saturated heterocycles. The van der Waals surface area contributed by atoms with Crippen LogP contribution in [0, 0.1) is 0 Å². The summed E-state index contributed by atoms with van der Waals surface area (Å²) in [5.74, 6) is 0.151. The van der Waals surface area contributed by atoms with Gasteiger partial charge in [0.1, 0.15) is 0 Å². The van der Waals surface area contributed by atoms with Crippen molar-refractivity contribution in [3.8, 4) is 11.5 Å². The summed E-state index contributed by atoms with van der Waals surface area (Å²) in [4.78, 5) is 32.6. The van der Waals surface area contributed by atoms with Crippen LogP contribution in [0.25, 0.3) is 0 Å². The summed E-state index contributed by atoms with van der Waals surface area (Å²) >= 11 is 1.66. The van der Waals surface area contributed by atoms with Gasteiger partial charge in [0.05, 0.1) is 26.2 Å². The summed E-state index contributed by atoms with van der Waals surface area (Å²) in [5, 5.41) is 3.18. The van der Waals surface area contributed by atoms with Crippen molar-refractivity contribution < 1.29 is 19.1 Å². The SMILES string of the molecule is CCCN(CCC)CCCNC(=O)[C@H]1c2cc(OC)c(OC)cc2C(=O)N(C)[C@@H]1c1ccc(SC)cc1. The van der Waals surface area contributed by atoms with Gasteiger partial charge in [0.2, 0.25) is 5.91 Å². The van der Waals surface area contributed by atoms with Crippen LogP contribution in [-0.2, 0) is 4.79 Å². The van der Waals surface area contributed by atoms with Crippen LogP contribution in [0.15, 0.2) is 41.3 Å². The number of methoxy groups -OCH3 is 2. The average Bonchev–Trinajstić information content (AvgIpc) is 2.92. The van der Waals surface area contributed by atoms with E-state index in [2.05, 4.69) is 24.1 Å². The Hall–Kier alpha value is -2.71. The number of carbonyl (C=O) groups is 2. The van der Waals surface area contributed by atoms with Crippen molar-refractivity contribution >= 4 is 23.6 Å². The number of benzene rings is 2. The number of amides is 2. The van der Waals surface area contributed by atoms with Crippen LogP contribution in [0.3, 0.4) is 0 Å². The van der Waals surface area contributed by atoms with Crippen molar-refractivity contribution in [3.63, 3.8) is 0 Å². The number of likely N-dealkylation sites (N-methyl/N-ethyl adjacent to an activating group) is 1. The maximum absolute atomic E-state index is 13.8. The zero-order valence-corrected chi connectivity index (χ0v) is 23.8. The second kappa shape index (κ2) is 13.7. The average molecular weight is 528 g/mol. The molecule has 2 amide bonds. The Morgan fingerprint density at radius 1 is 1.03 bits per heavy atom. The van der Waals surface area contributed by atoms with Crippen molar-refractivity contribution in [1.29, 1.82) is 0 Å². The molecule has 3 rings (SSSR count). The summed E-state index contributed by atoms with van der Waals surface area (Å²) in [6.07, 6.45) is 5.14. The molecule has 0 saturated carbocycles. The molecule has 7 nitrogen and oxygen atoms in total. The number of thioether (sulfide) groups is 1. The van der Waals surface area contributed by atoms with Crippen molar-refractivity contribution in [2.75, 3.05) is 53.7 Å². The minimum atomic E-state index is -0.583. The lowest BCUT2D eigenvalue weighted by atomic mass is 9.79. The molecule has 0 unspecified atom stereocenters. The topological polar surface area (TPSA) is 71.1 Å². The van der Waals surface area contributed by atoms with Crippen LogP contribution in [-0.4, -0.2) is 75.3 Å². The van der Waals surface area contributed by atoms with E-state index in [0.29, 0.717) is 29.2 Å². The Kier molecular flexibility index (Phi) is 10.7. The molecule has 1 N–H and O–H groups in total. The molecule has 1 aliphatic heterocycles. The van der Waals surface area contributed by atoms with Gasteiger partial charge in [-0.15, -0.1) is 11.8 Å². The van der Waals surface area contributed by atoms with Crippen LogP contribution in [0.4, 0.5) is 0 Å². The summed E-state index contributed by atoms with van der Waals surface area (Å²) in [7, 11) is 4.87. The number of hydrogen-bond acceptors (Lipinski definition) is 6. The molecule has 2 aromatic rings. The molecular weight excluding hydrogens is 486 g/mol. The van der Waals surface area contributed by atoms with Crippen LogP contribution in [0.5, 0.6) is 11.5 Å². The number of nitrogens with zero attached hydrogens (tertiary/aromatic N) is 2. The van der Waals surface area contributed by atoms with Gasteiger partial charge in [-0.2, -0.15) is 0 Å². The van der Waals surface area contributed by atoms with Gasteiger partial charge in [-0.05, 0) is 80.5 Å². The second-order valence-electron chi connectivity index (χ2n) is 9.39. The Morgan fingerprint density at radius 3 is 2.22 bits per heavy atom. The van der Waals surface area contributed by atoms with Gasteiger partial charge in [-0.1, -0.05) is 26.0 Å². The monoisotopic (exact) mass is 527 g/mol. The fraction of sp³-hybridized carbons (Fsp3) is 0.517. The van der Waals surface area contributed by atoms with Gasteiger partial charge in [0.25, 0.3) is 5.91 Å². The first kappa shape index (κ1) is 28.9. The minimum Gasteiger partial charge on any atom is -0.493 e. The normalized spacial score (nSPS) is 17.1. The highest BCUT2D eigenvalue weighted by Crippen LogP contribution is 2.45. The zero-order chi connectivity index (χ0) is 26.9. The zero-order valence-electron chi connectivity index (χ0n) is 23.0. The Morgan fingerprint density at radius 2 is 1.65 bits per heavy atom.